The molecule has 0 saturated carbocycles. The summed E-state index contributed by atoms with van der Waals surface area (Å²) in [6.07, 6.45) is 4.29. The minimum Gasteiger partial charge on any atom is -0.466 e. The van der Waals surface area contributed by atoms with Gasteiger partial charge in [0.05, 0.1) is 18.7 Å². The fourth-order valence-corrected chi connectivity index (χ4v) is 6.41. The van der Waals surface area contributed by atoms with Crippen molar-refractivity contribution >= 4 is 16.9 Å². The number of carbonyl (C=O) groups is 1. The molecule has 3 aliphatic heterocycles. The molecule has 0 aliphatic carbocycles. The second kappa shape index (κ2) is 6.33. The number of likely N-dealkylation sites (N-methyl/N-ethyl adjacent to an activating group) is 1. The Morgan fingerprint density at radius 1 is 1.32 bits per heavy atom. The lowest BCUT2D eigenvalue weighted by Crippen LogP contribution is -2.61. The molecular weight excluding hydrogens is 350 g/mol. The maximum atomic E-state index is 13.4. The highest BCUT2D eigenvalue weighted by Gasteiger charge is 2.57. The van der Waals surface area contributed by atoms with E-state index in [1.54, 1.807) is 0 Å². The summed E-state index contributed by atoms with van der Waals surface area (Å²) in [5.74, 6) is 1.06. The molecule has 150 valence electrons. The zero-order chi connectivity index (χ0) is 19.6. The molecule has 1 aromatic heterocycles. The van der Waals surface area contributed by atoms with E-state index in [0.717, 1.165) is 25.3 Å². The summed E-state index contributed by atoms with van der Waals surface area (Å²) >= 11 is 0. The van der Waals surface area contributed by atoms with Crippen LogP contribution in [0.3, 0.4) is 0 Å². The molecule has 0 amide bonds. The van der Waals surface area contributed by atoms with E-state index in [-0.39, 0.29) is 5.97 Å². The molecule has 4 atom stereocenters. The number of fused-ring (bicyclic) bond motifs is 3. The highest BCUT2D eigenvalue weighted by Crippen LogP contribution is 2.55. The molecule has 1 unspecified atom stereocenters. The van der Waals surface area contributed by atoms with Crippen molar-refractivity contribution in [3.63, 3.8) is 0 Å². The van der Waals surface area contributed by atoms with Crippen LogP contribution in [0.1, 0.15) is 43.5 Å². The Kier molecular flexibility index (Phi) is 4.11. The van der Waals surface area contributed by atoms with E-state index in [1.807, 2.05) is 14.1 Å². The van der Waals surface area contributed by atoms with E-state index in [9.17, 15) is 4.79 Å². The van der Waals surface area contributed by atoms with Crippen molar-refractivity contribution < 1.29 is 9.53 Å². The van der Waals surface area contributed by atoms with Crippen molar-refractivity contribution in [2.45, 2.75) is 44.3 Å². The van der Waals surface area contributed by atoms with E-state index in [1.165, 1.54) is 48.7 Å². The van der Waals surface area contributed by atoms with Gasteiger partial charge in [0.1, 0.15) is 0 Å². The Morgan fingerprint density at radius 3 is 2.82 bits per heavy atom. The van der Waals surface area contributed by atoms with Crippen LogP contribution in [0, 0.1) is 11.8 Å². The second-order valence-corrected chi connectivity index (χ2v) is 9.08. The van der Waals surface area contributed by atoms with Crippen molar-refractivity contribution in [2.75, 3.05) is 34.3 Å². The first-order valence-corrected chi connectivity index (χ1v) is 10.7. The number of para-hydroxylation sites is 1. The number of carbonyl (C=O) groups excluding carboxylic acids is 1. The molecule has 0 bridgehead atoms. The number of rotatable bonds is 3. The summed E-state index contributed by atoms with van der Waals surface area (Å²) in [5, 5.41) is 1.31. The largest absolute Gasteiger partial charge is 0.466 e. The summed E-state index contributed by atoms with van der Waals surface area (Å²) in [7, 11) is 5.58. The highest BCUT2D eigenvalue weighted by atomic mass is 16.5. The molecule has 5 heteroatoms. The van der Waals surface area contributed by atoms with Crippen molar-refractivity contribution in [1.29, 1.82) is 0 Å². The Morgan fingerprint density at radius 2 is 2.11 bits per heavy atom. The quantitative estimate of drug-likeness (QED) is 0.764. The van der Waals surface area contributed by atoms with E-state index in [4.69, 9.17) is 4.74 Å². The molecule has 0 radical (unpaired) electrons. The van der Waals surface area contributed by atoms with E-state index in [0.29, 0.717) is 12.0 Å². The van der Waals surface area contributed by atoms with E-state index >= 15 is 0 Å². The number of nitrogens with zero attached hydrogens (tertiary/aromatic N) is 3. The minimum atomic E-state index is -0.776. The van der Waals surface area contributed by atoms with Gasteiger partial charge in [-0.1, -0.05) is 31.5 Å². The van der Waals surface area contributed by atoms with Crippen molar-refractivity contribution in [3.05, 3.63) is 35.5 Å². The van der Waals surface area contributed by atoms with Gasteiger partial charge in [0.15, 0.2) is 5.66 Å². The average Bonchev–Trinajstić information content (AvgIpc) is 3.06. The molecule has 5 rings (SSSR count). The fourth-order valence-electron chi connectivity index (χ4n) is 6.41. The van der Waals surface area contributed by atoms with E-state index in [2.05, 4.69) is 45.6 Å². The van der Waals surface area contributed by atoms with Crippen LogP contribution in [0.4, 0.5) is 0 Å². The van der Waals surface area contributed by atoms with Crippen LogP contribution < -0.4 is 0 Å². The number of methoxy groups -OCH3 is 1. The normalized spacial score (nSPS) is 31.8. The Labute approximate surface area is 167 Å². The smallest absolute Gasteiger partial charge is 0.347 e. The molecule has 0 spiro atoms. The topological polar surface area (TPSA) is 37.7 Å². The van der Waals surface area contributed by atoms with Crippen LogP contribution in [-0.2, 0) is 21.6 Å². The van der Waals surface area contributed by atoms with E-state index < -0.39 is 5.66 Å². The predicted octanol–water partition coefficient (Wildman–Crippen LogP) is 3.38. The van der Waals surface area contributed by atoms with Crippen LogP contribution in [0.2, 0.25) is 0 Å². The predicted molar refractivity (Wildman–Crippen MR) is 110 cm³/mol. The molecule has 0 N–H and O–H groups in total. The SMILES string of the molecule is CC[C@H]1C[C@@H]2CC(C(=O)OC)(N(C)C)n3c4c(c5ccccc53)CCN(C1)[C@@H]42. The lowest BCUT2D eigenvalue weighted by Gasteiger charge is -2.55. The van der Waals surface area contributed by atoms with Gasteiger partial charge in [0.25, 0.3) is 0 Å². The number of ether oxygens (including phenoxy) is 1. The Hall–Kier alpha value is -1.85. The molecule has 1 fully saturated rings. The molecule has 2 aromatic rings. The van der Waals surface area contributed by atoms with Gasteiger partial charge in [-0.05, 0) is 50.4 Å². The fraction of sp³-hybridized carbons (Fsp3) is 0.609. The Bertz CT molecular complexity index is 933. The first kappa shape index (κ1) is 18.2. The number of benzene rings is 1. The third kappa shape index (κ3) is 2.17. The number of hydrogen-bond donors (Lipinski definition) is 0. The van der Waals surface area contributed by atoms with Gasteiger partial charge in [-0.15, -0.1) is 0 Å². The van der Waals surface area contributed by atoms with Crippen LogP contribution in [0.15, 0.2) is 24.3 Å². The summed E-state index contributed by atoms with van der Waals surface area (Å²) in [5.41, 5.74) is 3.22. The highest BCUT2D eigenvalue weighted by molar-refractivity contribution is 5.90. The number of hydrogen-bond acceptors (Lipinski definition) is 4. The van der Waals surface area contributed by atoms with Gasteiger partial charge >= 0.3 is 5.97 Å². The lowest BCUT2D eigenvalue weighted by molar-refractivity contribution is -0.168. The molecule has 5 nitrogen and oxygen atoms in total. The van der Waals surface area contributed by atoms with Crippen molar-refractivity contribution in [3.8, 4) is 0 Å². The maximum absolute atomic E-state index is 13.4. The third-order valence-corrected chi connectivity index (χ3v) is 7.66. The van der Waals surface area contributed by atoms with Gasteiger partial charge in [-0.25, -0.2) is 4.79 Å². The molecule has 1 aromatic carbocycles. The molecular formula is C23H31N3O2. The summed E-state index contributed by atoms with van der Waals surface area (Å²) in [6, 6.07) is 9.05. The van der Waals surface area contributed by atoms with Gasteiger partial charge in [-0.3, -0.25) is 9.80 Å². The molecule has 1 saturated heterocycles. The van der Waals surface area contributed by atoms with Gasteiger partial charge in [-0.2, -0.15) is 0 Å². The summed E-state index contributed by atoms with van der Waals surface area (Å²) < 4.78 is 7.78. The number of esters is 1. The standard InChI is InChI=1S/C23H31N3O2/c1-5-15-12-16-13-23(24(2)3,22(27)28-4)26-19-9-7-6-8-17(19)18-10-11-25(14-15)20(16)21(18)26/h6-9,15-16,20H,5,10-14H2,1-4H3/t15-,16+,20+,23?/m0/s1. The molecule has 3 aliphatic rings. The first-order valence-electron chi connectivity index (χ1n) is 10.7. The van der Waals surface area contributed by atoms with Crippen LogP contribution in [-0.4, -0.2) is 54.6 Å². The van der Waals surface area contributed by atoms with Crippen molar-refractivity contribution in [1.82, 2.24) is 14.4 Å². The second-order valence-electron chi connectivity index (χ2n) is 9.08. The molecule has 28 heavy (non-hydrogen) atoms. The summed E-state index contributed by atoms with van der Waals surface area (Å²) in [6.45, 7) is 4.62. The maximum Gasteiger partial charge on any atom is 0.347 e. The zero-order valence-electron chi connectivity index (χ0n) is 17.4. The summed E-state index contributed by atoms with van der Waals surface area (Å²) in [4.78, 5) is 18.2. The minimum absolute atomic E-state index is 0.143. The first-order chi connectivity index (χ1) is 13.5. The monoisotopic (exact) mass is 381 g/mol. The van der Waals surface area contributed by atoms with Crippen LogP contribution >= 0.6 is 0 Å². The van der Waals surface area contributed by atoms with Crippen LogP contribution in [0.5, 0.6) is 0 Å². The van der Waals surface area contributed by atoms with Gasteiger partial charge in [0, 0.05) is 30.6 Å². The average molecular weight is 382 g/mol. The van der Waals surface area contributed by atoms with Crippen LogP contribution in [0.25, 0.3) is 10.9 Å². The number of aromatic nitrogens is 1. The number of piperidine rings is 1. The Balaban J connectivity index is 1.84. The third-order valence-electron chi connectivity index (χ3n) is 7.66. The zero-order valence-corrected chi connectivity index (χ0v) is 17.4. The lowest BCUT2D eigenvalue weighted by atomic mass is 9.71. The van der Waals surface area contributed by atoms with Gasteiger partial charge in [0.2, 0.25) is 0 Å². The van der Waals surface area contributed by atoms with Gasteiger partial charge < -0.3 is 9.30 Å². The molecule has 4 heterocycles. The van der Waals surface area contributed by atoms with Crippen molar-refractivity contribution in [2.24, 2.45) is 11.8 Å².